The molecule has 2 N–H and O–H groups in total. The second-order valence-electron chi connectivity index (χ2n) is 5.12. The lowest BCUT2D eigenvalue weighted by atomic mass is 10.1. The lowest BCUT2D eigenvalue weighted by Gasteiger charge is -2.08. The van der Waals surface area contributed by atoms with E-state index >= 15 is 0 Å². The van der Waals surface area contributed by atoms with Crippen LogP contribution in [-0.4, -0.2) is 17.7 Å². The molecule has 0 radical (unpaired) electrons. The van der Waals surface area contributed by atoms with Crippen molar-refractivity contribution in [2.24, 2.45) is 0 Å². The van der Waals surface area contributed by atoms with Crippen LogP contribution in [0.3, 0.4) is 0 Å². The number of aromatic hydroxyl groups is 1. The van der Waals surface area contributed by atoms with E-state index in [-0.39, 0.29) is 24.5 Å². The van der Waals surface area contributed by atoms with Crippen molar-refractivity contribution in [1.82, 2.24) is 5.32 Å². The highest BCUT2D eigenvalue weighted by molar-refractivity contribution is 5.67. The summed E-state index contributed by atoms with van der Waals surface area (Å²) >= 11 is 0. The van der Waals surface area contributed by atoms with Crippen molar-refractivity contribution in [3.05, 3.63) is 71.3 Å². The zero-order chi connectivity index (χ0) is 18.3. The van der Waals surface area contributed by atoms with Crippen molar-refractivity contribution in [2.45, 2.75) is 12.8 Å². The summed E-state index contributed by atoms with van der Waals surface area (Å²) in [5.41, 5.74) is -0.0171. The van der Waals surface area contributed by atoms with Crippen LogP contribution < -0.4 is 5.32 Å². The topological polar surface area (TPSA) is 58.6 Å². The van der Waals surface area contributed by atoms with E-state index < -0.39 is 17.8 Å². The van der Waals surface area contributed by atoms with Gasteiger partial charge in [0, 0.05) is 12.1 Å². The monoisotopic (exact) mass is 351 g/mol. The summed E-state index contributed by atoms with van der Waals surface area (Å²) in [6, 6.07) is 11.7. The summed E-state index contributed by atoms with van der Waals surface area (Å²) in [6.45, 7) is 0.161. The molecule has 4 nitrogen and oxygen atoms in total. The first-order valence-electron chi connectivity index (χ1n) is 7.37. The van der Waals surface area contributed by atoms with Crippen LogP contribution >= 0.6 is 0 Å². The molecular weight excluding hydrogens is 335 g/mol. The van der Waals surface area contributed by atoms with Gasteiger partial charge in [-0.1, -0.05) is 42.5 Å². The van der Waals surface area contributed by atoms with Crippen LogP contribution in [0.15, 0.2) is 54.6 Å². The highest BCUT2D eigenvalue weighted by Gasteiger charge is 2.30. The number of carbonyl (C=O) groups excluding carboxylic acids is 1. The molecular formula is C18H16F3NO3. The summed E-state index contributed by atoms with van der Waals surface area (Å²) in [5, 5.41) is 12.0. The number of alkyl carbamates (subject to hydrolysis) is 1. The summed E-state index contributed by atoms with van der Waals surface area (Å²) in [4.78, 5) is 11.5. The first kappa shape index (κ1) is 18.4. The molecule has 0 atom stereocenters. The molecule has 1 amide bonds. The quantitative estimate of drug-likeness (QED) is 0.842. The molecule has 0 aromatic heterocycles. The highest BCUT2D eigenvalue weighted by Crippen LogP contribution is 2.32. The highest BCUT2D eigenvalue weighted by atomic mass is 19.4. The minimum atomic E-state index is -4.49. The zero-order valence-corrected chi connectivity index (χ0v) is 13.1. The number of rotatable bonds is 5. The Labute approximate surface area is 142 Å². The molecule has 7 heteroatoms. The molecule has 0 bridgehead atoms. The Hall–Kier alpha value is -2.96. The van der Waals surface area contributed by atoms with E-state index in [4.69, 9.17) is 4.74 Å². The van der Waals surface area contributed by atoms with E-state index in [0.717, 1.165) is 23.8 Å². The van der Waals surface area contributed by atoms with Gasteiger partial charge in [0.2, 0.25) is 0 Å². The first-order chi connectivity index (χ1) is 11.9. The number of halogens is 3. The van der Waals surface area contributed by atoms with Crippen molar-refractivity contribution >= 4 is 12.2 Å². The SMILES string of the molecule is O=C(NCC=Cc1cc(C(F)(F)F)ccc1O)OCc1ccccc1. The standard InChI is InChI=1S/C18H16F3NO3/c19-18(20,21)15-8-9-16(23)14(11-15)7-4-10-22-17(24)25-12-13-5-2-1-3-6-13/h1-9,11,23H,10,12H2,(H,22,24). The molecule has 2 rings (SSSR count). The molecule has 0 saturated heterocycles. The van der Waals surface area contributed by atoms with Crippen molar-refractivity contribution in [3.63, 3.8) is 0 Å². The number of phenolic OH excluding ortho intramolecular Hbond substituents is 1. The predicted octanol–water partition coefficient (Wildman–Crippen LogP) is 4.35. The molecule has 0 unspecified atom stereocenters. The second-order valence-corrected chi connectivity index (χ2v) is 5.12. The second kappa shape index (κ2) is 8.23. The minimum Gasteiger partial charge on any atom is -0.507 e. The number of alkyl halides is 3. The normalized spacial score (nSPS) is 11.5. The van der Waals surface area contributed by atoms with Gasteiger partial charge in [0.1, 0.15) is 12.4 Å². The number of phenols is 1. The summed E-state index contributed by atoms with van der Waals surface area (Å²) in [5.74, 6) is -0.282. The first-order valence-corrected chi connectivity index (χ1v) is 7.37. The van der Waals surface area contributed by atoms with Crippen LogP contribution in [-0.2, 0) is 17.5 Å². The molecule has 2 aromatic carbocycles. The van der Waals surface area contributed by atoms with E-state index in [1.807, 2.05) is 30.3 Å². The van der Waals surface area contributed by atoms with E-state index in [9.17, 15) is 23.1 Å². The Kier molecular flexibility index (Phi) is 6.05. The van der Waals surface area contributed by atoms with Gasteiger partial charge in [-0.3, -0.25) is 0 Å². The van der Waals surface area contributed by atoms with Crippen molar-refractivity contribution in [2.75, 3.05) is 6.54 Å². The third-order valence-electron chi connectivity index (χ3n) is 3.23. The molecule has 132 valence electrons. The number of hydrogen-bond donors (Lipinski definition) is 2. The number of ether oxygens (including phenoxy) is 1. The average molecular weight is 351 g/mol. The largest absolute Gasteiger partial charge is 0.507 e. The lowest BCUT2D eigenvalue weighted by Crippen LogP contribution is -2.24. The van der Waals surface area contributed by atoms with Crippen LogP contribution in [0.25, 0.3) is 6.08 Å². The fraction of sp³-hybridized carbons (Fsp3) is 0.167. The Balaban J connectivity index is 1.84. The maximum absolute atomic E-state index is 12.6. The molecule has 0 fully saturated rings. The Bertz CT molecular complexity index is 743. The third kappa shape index (κ3) is 5.87. The van der Waals surface area contributed by atoms with Crippen LogP contribution in [0, 0.1) is 0 Å². The van der Waals surface area contributed by atoms with Crippen molar-refractivity contribution < 1.29 is 27.8 Å². The number of carbonyl (C=O) groups is 1. The van der Waals surface area contributed by atoms with Crippen LogP contribution in [0.1, 0.15) is 16.7 Å². The van der Waals surface area contributed by atoms with E-state index in [2.05, 4.69) is 5.32 Å². The Morgan fingerprint density at radius 2 is 1.88 bits per heavy atom. The number of hydrogen-bond acceptors (Lipinski definition) is 3. The van der Waals surface area contributed by atoms with Gasteiger partial charge in [-0.2, -0.15) is 13.2 Å². The maximum Gasteiger partial charge on any atom is 0.416 e. The van der Waals surface area contributed by atoms with Gasteiger partial charge < -0.3 is 15.2 Å². The smallest absolute Gasteiger partial charge is 0.416 e. The van der Waals surface area contributed by atoms with Crippen molar-refractivity contribution in [3.8, 4) is 5.75 Å². The summed E-state index contributed by atoms with van der Waals surface area (Å²) in [7, 11) is 0. The minimum absolute atomic E-state index is 0.00859. The average Bonchev–Trinajstić information content (AvgIpc) is 2.58. The van der Waals surface area contributed by atoms with Crippen LogP contribution in [0.2, 0.25) is 0 Å². The van der Waals surface area contributed by atoms with E-state index in [1.54, 1.807) is 0 Å². The van der Waals surface area contributed by atoms with Crippen LogP contribution in [0.4, 0.5) is 18.0 Å². The molecule has 0 aliphatic rings. The molecule has 0 spiro atoms. The third-order valence-corrected chi connectivity index (χ3v) is 3.23. The van der Waals surface area contributed by atoms with Crippen molar-refractivity contribution in [1.29, 1.82) is 0 Å². The van der Waals surface area contributed by atoms with Crippen LogP contribution in [0.5, 0.6) is 5.75 Å². The number of nitrogens with one attached hydrogen (secondary N) is 1. The Morgan fingerprint density at radius 3 is 2.56 bits per heavy atom. The predicted molar refractivity (Wildman–Crippen MR) is 86.8 cm³/mol. The molecule has 0 heterocycles. The van der Waals surface area contributed by atoms with E-state index in [0.29, 0.717) is 0 Å². The van der Waals surface area contributed by atoms with Gasteiger partial charge in [0.15, 0.2) is 0 Å². The molecule has 0 aliphatic heterocycles. The summed E-state index contributed by atoms with van der Waals surface area (Å²) < 4.78 is 42.9. The molecule has 0 saturated carbocycles. The van der Waals surface area contributed by atoms with Gasteiger partial charge in [-0.05, 0) is 23.8 Å². The fourth-order valence-electron chi connectivity index (χ4n) is 1.97. The van der Waals surface area contributed by atoms with Gasteiger partial charge in [0.25, 0.3) is 0 Å². The number of benzene rings is 2. The molecule has 0 aliphatic carbocycles. The lowest BCUT2D eigenvalue weighted by molar-refractivity contribution is -0.137. The summed E-state index contributed by atoms with van der Waals surface area (Å²) in [6.07, 6.45) is -2.43. The van der Waals surface area contributed by atoms with Gasteiger partial charge in [-0.25, -0.2) is 4.79 Å². The zero-order valence-electron chi connectivity index (χ0n) is 13.1. The molecule has 2 aromatic rings. The van der Waals surface area contributed by atoms with Gasteiger partial charge >= 0.3 is 12.3 Å². The number of amides is 1. The maximum atomic E-state index is 12.6. The molecule has 25 heavy (non-hydrogen) atoms. The Morgan fingerprint density at radius 1 is 1.16 bits per heavy atom. The fourth-order valence-corrected chi connectivity index (χ4v) is 1.97. The van der Waals surface area contributed by atoms with Gasteiger partial charge in [-0.15, -0.1) is 0 Å². The van der Waals surface area contributed by atoms with Gasteiger partial charge in [0.05, 0.1) is 5.56 Å². The van der Waals surface area contributed by atoms with E-state index in [1.165, 1.54) is 12.2 Å².